The summed E-state index contributed by atoms with van der Waals surface area (Å²) < 4.78 is 18.9. The first kappa shape index (κ1) is 15.5. The second-order valence-corrected chi connectivity index (χ2v) is 5.74. The van der Waals surface area contributed by atoms with Crippen LogP contribution in [0.25, 0.3) is 0 Å². The van der Waals surface area contributed by atoms with E-state index in [1.807, 2.05) is 6.07 Å². The molecule has 1 aromatic carbocycles. The highest BCUT2D eigenvalue weighted by Gasteiger charge is 2.19. The number of rotatable bonds is 4. The van der Waals surface area contributed by atoms with Crippen molar-refractivity contribution >= 4 is 6.02 Å². The van der Waals surface area contributed by atoms with Crippen molar-refractivity contribution in [1.29, 1.82) is 0 Å². The van der Waals surface area contributed by atoms with Crippen LogP contribution in [0.3, 0.4) is 0 Å². The topological polar surface area (TPSA) is 46.5 Å². The lowest BCUT2D eigenvalue weighted by Gasteiger charge is -2.22. The summed E-state index contributed by atoms with van der Waals surface area (Å²) in [6.07, 6.45) is 3.52. The lowest BCUT2D eigenvalue weighted by atomic mass is 9.93. The molecule has 1 aliphatic rings. The average molecular weight is 313 g/mol. The molecule has 1 aliphatic heterocycles. The van der Waals surface area contributed by atoms with Crippen LogP contribution in [0.2, 0.25) is 0 Å². The van der Waals surface area contributed by atoms with Gasteiger partial charge in [-0.1, -0.05) is 18.2 Å². The van der Waals surface area contributed by atoms with Crippen molar-refractivity contribution in [2.45, 2.75) is 26.3 Å². The van der Waals surface area contributed by atoms with E-state index in [0.29, 0.717) is 25.6 Å². The van der Waals surface area contributed by atoms with Crippen molar-refractivity contribution in [1.82, 2.24) is 10.3 Å². The predicted octanol–water partition coefficient (Wildman–Crippen LogP) is 3.10. The zero-order chi connectivity index (χ0) is 16.2. The third-order valence-electron chi connectivity index (χ3n) is 4.11. The normalized spacial score (nSPS) is 15.0. The minimum absolute atomic E-state index is 0.0460. The summed E-state index contributed by atoms with van der Waals surface area (Å²) >= 11 is 0. The summed E-state index contributed by atoms with van der Waals surface area (Å²) in [6, 6.07) is 8.24. The maximum absolute atomic E-state index is 13.4. The number of ether oxygens (including phenoxy) is 1. The summed E-state index contributed by atoms with van der Waals surface area (Å²) in [7, 11) is 0. The fourth-order valence-electron chi connectivity index (χ4n) is 2.76. The van der Waals surface area contributed by atoms with Gasteiger partial charge in [0, 0.05) is 6.20 Å². The fourth-order valence-corrected chi connectivity index (χ4v) is 2.76. The van der Waals surface area contributed by atoms with Crippen LogP contribution in [-0.2, 0) is 11.2 Å². The van der Waals surface area contributed by atoms with Crippen molar-refractivity contribution in [3.63, 3.8) is 0 Å². The molecule has 120 valence electrons. The van der Waals surface area contributed by atoms with Crippen molar-refractivity contribution in [3.05, 3.63) is 64.7 Å². The number of hydrogen-bond donors (Lipinski definition) is 1. The van der Waals surface area contributed by atoms with Crippen molar-refractivity contribution in [2.75, 3.05) is 13.2 Å². The SMILES string of the molecule is Cc1cccc(C(Cc2cncc(F)c2)NC2=NCCO2)c1C. The van der Waals surface area contributed by atoms with E-state index in [0.717, 1.165) is 11.1 Å². The molecule has 0 amide bonds. The first-order chi connectivity index (χ1) is 11.1. The monoisotopic (exact) mass is 313 g/mol. The van der Waals surface area contributed by atoms with Gasteiger partial charge in [0.05, 0.1) is 18.8 Å². The molecule has 3 rings (SSSR count). The molecule has 0 saturated carbocycles. The van der Waals surface area contributed by atoms with E-state index in [9.17, 15) is 4.39 Å². The van der Waals surface area contributed by atoms with Gasteiger partial charge in [-0.2, -0.15) is 0 Å². The van der Waals surface area contributed by atoms with E-state index in [1.54, 1.807) is 6.20 Å². The molecule has 2 heterocycles. The Bertz CT molecular complexity index is 730. The fraction of sp³-hybridized carbons (Fsp3) is 0.333. The number of nitrogens with one attached hydrogen (secondary N) is 1. The number of benzene rings is 1. The van der Waals surface area contributed by atoms with Gasteiger partial charge in [0.2, 0.25) is 0 Å². The Kier molecular flexibility index (Phi) is 4.55. The van der Waals surface area contributed by atoms with Crippen LogP contribution in [0.5, 0.6) is 0 Å². The number of aliphatic imine (C=N–C) groups is 1. The summed E-state index contributed by atoms with van der Waals surface area (Å²) in [5, 5.41) is 3.35. The summed E-state index contributed by atoms with van der Waals surface area (Å²) in [4.78, 5) is 8.24. The van der Waals surface area contributed by atoms with E-state index >= 15 is 0 Å². The van der Waals surface area contributed by atoms with Gasteiger partial charge in [0.15, 0.2) is 0 Å². The molecule has 0 aliphatic carbocycles. The van der Waals surface area contributed by atoms with Crippen molar-refractivity contribution in [2.24, 2.45) is 4.99 Å². The summed E-state index contributed by atoms with van der Waals surface area (Å²) in [5.41, 5.74) is 4.43. The summed E-state index contributed by atoms with van der Waals surface area (Å²) in [6.45, 7) is 5.45. The molecule has 0 spiro atoms. The molecule has 1 unspecified atom stereocenters. The third kappa shape index (κ3) is 3.67. The Balaban J connectivity index is 1.91. The van der Waals surface area contributed by atoms with E-state index in [4.69, 9.17) is 4.74 Å². The number of amidine groups is 1. The minimum Gasteiger partial charge on any atom is -0.463 e. The van der Waals surface area contributed by atoms with E-state index in [1.165, 1.54) is 23.4 Å². The van der Waals surface area contributed by atoms with Gasteiger partial charge in [-0.15, -0.1) is 0 Å². The molecule has 1 N–H and O–H groups in total. The second-order valence-electron chi connectivity index (χ2n) is 5.74. The van der Waals surface area contributed by atoms with Crippen LogP contribution in [0.15, 0.2) is 41.7 Å². The number of pyridine rings is 1. The molecule has 0 radical (unpaired) electrons. The number of halogens is 1. The molecule has 5 heteroatoms. The molecule has 0 fully saturated rings. The smallest absolute Gasteiger partial charge is 0.285 e. The highest BCUT2D eigenvalue weighted by molar-refractivity contribution is 5.75. The molecule has 2 aromatic rings. The van der Waals surface area contributed by atoms with Gasteiger partial charge in [-0.05, 0) is 48.6 Å². The van der Waals surface area contributed by atoms with Crippen LogP contribution in [0.1, 0.15) is 28.3 Å². The first-order valence-corrected chi connectivity index (χ1v) is 7.73. The zero-order valence-corrected chi connectivity index (χ0v) is 13.3. The predicted molar refractivity (Wildman–Crippen MR) is 87.9 cm³/mol. The Morgan fingerprint density at radius 2 is 2.17 bits per heavy atom. The first-order valence-electron chi connectivity index (χ1n) is 7.73. The zero-order valence-electron chi connectivity index (χ0n) is 13.3. The van der Waals surface area contributed by atoms with Crippen LogP contribution in [-0.4, -0.2) is 24.2 Å². The molecule has 4 nitrogen and oxygen atoms in total. The highest BCUT2D eigenvalue weighted by atomic mass is 19.1. The molecule has 1 aromatic heterocycles. The maximum atomic E-state index is 13.4. The average Bonchev–Trinajstić information content (AvgIpc) is 3.02. The van der Waals surface area contributed by atoms with E-state index < -0.39 is 0 Å². The quantitative estimate of drug-likeness (QED) is 0.943. The van der Waals surface area contributed by atoms with Crippen LogP contribution in [0.4, 0.5) is 4.39 Å². The Morgan fingerprint density at radius 3 is 2.91 bits per heavy atom. The maximum Gasteiger partial charge on any atom is 0.285 e. The van der Waals surface area contributed by atoms with E-state index in [2.05, 4.69) is 41.3 Å². The molecule has 0 bridgehead atoms. The van der Waals surface area contributed by atoms with Gasteiger partial charge >= 0.3 is 0 Å². The minimum atomic E-state index is -0.323. The second kappa shape index (κ2) is 6.77. The lowest BCUT2D eigenvalue weighted by molar-refractivity contribution is 0.324. The standard InChI is InChI=1S/C18H20FN3O/c1-12-4-3-5-16(13(12)2)17(22-18-21-6-7-23-18)9-14-8-15(19)11-20-10-14/h3-5,8,10-11,17H,6-7,9H2,1-2H3,(H,21,22). The van der Waals surface area contributed by atoms with Gasteiger partial charge in [0.1, 0.15) is 12.4 Å². The van der Waals surface area contributed by atoms with E-state index in [-0.39, 0.29) is 11.9 Å². The van der Waals surface area contributed by atoms with Gasteiger partial charge in [-0.25, -0.2) is 9.38 Å². The number of nitrogens with zero attached hydrogens (tertiary/aromatic N) is 2. The molecular weight excluding hydrogens is 293 g/mol. The van der Waals surface area contributed by atoms with Gasteiger partial charge in [-0.3, -0.25) is 4.98 Å². The van der Waals surface area contributed by atoms with Crippen LogP contribution >= 0.6 is 0 Å². The third-order valence-corrected chi connectivity index (χ3v) is 4.11. The summed E-state index contributed by atoms with van der Waals surface area (Å²) in [5.74, 6) is -0.323. The van der Waals surface area contributed by atoms with Crippen molar-refractivity contribution < 1.29 is 9.13 Å². The Labute approximate surface area is 135 Å². The van der Waals surface area contributed by atoms with Crippen LogP contribution < -0.4 is 5.32 Å². The number of aryl methyl sites for hydroxylation is 1. The van der Waals surface area contributed by atoms with Gasteiger partial charge < -0.3 is 10.1 Å². The largest absolute Gasteiger partial charge is 0.463 e. The Morgan fingerprint density at radius 1 is 1.30 bits per heavy atom. The lowest BCUT2D eigenvalue weighted by Crippen LogP contribution is -2.30. The Hall–Kier alpha value is -2.43. The highest BCUT2D eigenvalue weighted by Crippen LogP contribution is 2.24. The molecule has 1 atom stereocenters. The molecular formula is C18H20FN3O. The number of hydrogen-bond acceptors (Lipinski definition) is 4. The number of aromatic nitrogens is 1. The molecule has 0 saturated heterocycles. The van der Waals surface area contributed by atoms with Gasteiger partial charge in [0.25, 0.3) is 6.02 Å². The van der Waals surface area contributed by atoms with Crippen LogP contribution in [0, 0.1) is 19.7 Å². The van der Waals surface area contributed by atoms with Crippen molar-refractivity contribution in [3.8, 4) is 0 Å². The molecule has 23 heavy (non-hydrogen) atoms.